The first-order valence-corrected chi connectivity index (χ1v) is 11.4. The van der Waals surface area contributed by atoms with Crippen molar-refractivity contribution in [2.45, 2.75) is 0 Å². The van der Waals surface area contributed by atoms with Gasteiger partial charge in [0, 0.05) is 36.9 Å². The highest BCUT2D eigenvalue weighted by Crippen LogP contribution is 2.39. The average Bonchev–Trinajstić information content (AvgIpc) is 3.21. The summed E-state index contributed by atoms with van der Waals surface area (Å²) >= 11 is 8.51. The molecular weight excluding hydrogens is 434 g/mol. The second kappa shape index (κ2) is 7.83. The Hall–Kier alpha value is -3.60. The van der Waals surface area contributed by atoms with Crippen molar-refractivity contribution >= 4 is 43.1 Å². The minimum Gasteiger partial charge on any atom is -0.208 e. The van der Waals surface area contributed by atoms with Crippen molar-refractivity contribution in [3.63, 3.8) is 0 Å². The Morgan fingerprint density at radius 1 is 0.531 bits per heavy atom. The molecule has 0 aliphatic heterocycles. The number of rotatable bonds is 3. The van der Waals surface area contributed by atoms with Crippen LogP contribution in [0.15, 0.2) is 97.1 Å². The fourth-order valence-corrected chi connectivity index (χ4v) is 5.29. The minimum absolute atomic E-state index is 0.569. The van der Waals surface area contributed by atoms with Gasteiger partial charge in [0.1, 0.15) is 0 Å². The van der Waals surface area contributed by atoms with Crippen molar-refractivity contribution in [3.05, 3.63) is 102 Å². The van der Waals surface area contributed by atoms with Gasteiger partial charge in [0.15, 0.2) is 17.5 Å². The third kappa shape index (κ3) is 3.34. The summed E-state index contributed by atoms with van der Waals surface area (Å²) in [7, 11) is 0. The first kappa shape index (κ1) is 19.1. The zero-order chi connectivity index (χ0) is 21.5. The van der Waals surface area contributed by atoms with Gasteiger partial charge in [-0.2, -0.15) is 0 Å². The highest BCUT2D eigenvalue weighted by molar-refractivity contribution is 7.25. The van der Waals surface area contributed by atoms with Gasteiger partial charge < -0.3 is 0 Å². The first-order valence-electron chi connectivity index (χ1n) is 10.2. The van der Waals surface area contributed by atoms with Crippen molar-refractivity contribution in [1.29, 1.82) is 0 Å². The van der Waals surface area contributed by atoms with E-state index in [2.05, 4.69) is 30.3 Å². The largest absolute Gasteiger partial charge is 0.208 e. The van der Waals surface area contributed by atoms with Gasteiger partial charge in [-0.3, -0.25) is 0 Å². The van der Waals surface area contributed by atoms with Crippen molar-refractivity contribution in [2.75, 3.05) is 0 Å². The molecule has 5 heteroatoms. The number of halogens is 1. The monoisotopic (exact) mass is 449 g/mol. The fraction of sp³-hybridized carbons (Fsp3) is 0. The molecule has 6 rings (SSSR count). The van der Waals surface area contributed by atoms with Crippen LogP contribution in [-0.4, -0.2) is 15.0 Å². The van der Waals surface area contributed by atoms with Gasteiger partial charge in [-0.1, -0.05) is 90.5 Å². The van der Waals surface area contributed by atoms with E-state index in [1.54, 1.807) is 11.3 Å². The van der Waals surface area contributed by atoms with Gasteiger partial charge in [-0.05, 0) is 18.2 Å². The smallest absolute Gasteiger partial charge is 0.165 e. The summed E-state index contributed by atoms with van der Waals surface area (Å²) in [5, 5.41) is 3.01. The first-order chi connectivity index (χ1) is 15.8. The number of fused-ring (bicyclic) bond motifs is 3. The molecule has 0 saturated carbocycles. The lowest BCUT2D eigenvalue weighted by Crippen LogP contribution is -2.00. The van der Waals surface area contributed by atoms with E-state index in [9.17, 15) is 0 Å². The minimum atomic E-state index is 0.569. The Balaban J connectivity index is 1.61. The van der Waals surface area contributed by atoms with E-state index < -0.39 is 0 Å². The lowest BCUT2D eigenvalue weighted by molar-refractivity contribution is 1.07. The molecule has 0 aliphatic carbocycles. The molecule has 6 aromatic rings. The van der Waals surface area contributed by atoms with Crippen LogP contribution in [0.4, 0.5) is 0 Å². The highest BCUT2D eigenvalue weighted by atomic mass is 35.5. The Labute approximate surface area is 194 Å². The van der Waals surface area contributed by atoms with Crippen LogP contribution in [0.1, 0.15) is 0 Å². The third-order valence-electron chi connectivity index (χ3n) is 5.41. The Bertz CT molecular complexity index is 1520. The topological polar surface area (TPSA) is 38.7 Å². The van der Waals surface area contributed by atoms with Crippen LogP contribution in [0.2, 0.25) is 5.02 Å². The maximum atomic E-state index is 6.77. The molecule has 2 aromatic heterocycles. The lowest BCUT2D eigenvalue weighted by atomic mass is 10.1. The van der Waals surface area contributed by atoms with Gasteiger partial charge in [0.05, 0.1) is 5.02 Å². The molecule has 152 valence electrons. The predicted molar refractivity (Wildman–Crippen MR) is 134 cm³/mol. The molecule has 32 heavy (non-hydrogen) atoms. The van der Waals surface area contributed by atoms with Crippen LogP contribution in [0, 0.1) is 0 Å². The second-order valence-electron chi connectivity index (χ2n) is 7.46. The van der Waals surface area contributed by atoms with E-state index in [0.29, 0.717) is 22.5 Å². The third-order valence-corrected chi connectivity index (χ3v) is 6.85. The van der Waals surface area contributed by atoms with E-state index in [4.69, 9.17) is 26.6 Å². The van der Waals surface area contributed by atoms with E-state index >= 15 is 0 Å². The SMILES string of the molecule is Clc1cc2sc3ccccc3c2cc1-c1nc(-c2ccccc2)nc(-c2ccccc2)n1. The number of benzene rings is 4. The number of hydrogen-bond donors (Lipinski definition) is 0. The maximum absolute atomic E-state index is 6.77. The molecule has 0 aliphatic rings. The summed E-state index contributed by atoms with van der Waals surface area (Å²) in [5.41, 5.74) is 2.68. The van der Waals surface area contributed by atoms with Crippen LogP contribution >= 0.6 is 22.9 Å². The van der Waals surface area contributed by atoms with Crippen molar-refractivity contribution < 1.29 is 0 Å². The Kier molecular flexibility index (Phi) is 4.67. The summed E-state index contributed by atoms with van der Waals surface area (Å²) in [6, 6.07) is 32.4. The molecule has 0 spiro atoms. The summed E-state index contributed by atoms with van der Waals surface area (Å²) in [4.78, 5) is 14.4. The van der Waals surface area contributed by atoms with Gasteiger partial charge in [-0.15, -0.1) is 11.3 Å². The molecule has 0 saturated heterocycles. The standard InChI is InChI=1S/C27H16ClN3S/c28-22-16-24-20(19-13-7-8-14-23(19)32-24)15-21(22)27-30-25(17-9-3-1-4-10-17)29-26(31-27)18-11-5-2-6-12-18/h1-16H. The quantitative estimate of drug-likeness (QED) is 0.275. The molecule has 0 bridgehead atoms. The zero-order valence-electron chi connectivity index (χ0n) is 16.9. The predicted octanol–water partition coefficient (Wildman–Crippen LogP) is 7.89. The van der Waals surface area contributed by atoms with E-state index in [1.807, 2.05) is 66.7 Å². The van der Waals surface area contributed by atoms with Crippen molar-refractivity contribution in [2.24, 2.45) is 0 Å². The lowest BCUT2D eigenvalue weighted by Gasteiger charge is -2.09. The molecule has 4 aromatic carbocycles. The van der Waals surface area contributed by atoms with Gasteiger partial charge in [-0.25, -0.2) is 15.0 Å². The maximum Gasteiger partial charge on any atom is 0.165 e. The van der Waals surface area contributed by atoms with Crippen LogP contribution in [0.5, 0.6) is 0 Å². The molecule has 3 nitrogen and oxygen atoms in total. The second-order valence-corrected chi connectivity index (χ2v) is 8.96. The van der Waals surface area contributed by atoms with Gasteiger partial charge in [0.25, 0.3) is 0 Å². The number of hydrogen-bond acceptors (Lipinski definition) is 4. The Morgan fingerprint density at radius 3 is 1.75 bits per heavy atom. The Morgan fingerprint density at radius 2 is 1.09 bits per heavy atom. The van der Waals surface area contributed by atoms with Gasteiger partial charge in [0.2, 0.25) is 0 Å². The van der Waals surface area contributed by atoms with Crippen LogP contribution < -0.4 is 0 Å². The summed E-state index contributed by atoms with van der Waals surface area (Å²) in [6.45, 7) is 0. The van der Waals surface area contributed by atoms with E-state index in [0.717, 1.165) is 26.8 Å². The molecular formula is C27H16ClN3S. The normalized spacial score (nSPS) is 11.3. The van der Waals surface area contributed by atoms with Crippen LogP contribution in [0.25, 0.3) is 54.3 Å². The van der Waals surface area contributed by atoms with E-state index in [1.165, 1.54) is 10.1 Å². The fourth-order valence-electron chi connectivity index (χ4n) is 3.85. The summed E-state index contributed by atoms with van der Waals surface area (Å²) in [5.74, 6) is 1.82. The summed E-state index contributed by atoms with van der Waals surface area (Å²) < 4.78 is 2.39. The number of thiophene rings is 1. The zero-order valence-corrected chi connectivity index (χ0v) is 18.4. The van der Waals surface area contributed by atoms with Gasteiger partial charge >= 0.3 is 0 Å². The molecule has 0 radical (unpaired) electrons. The average molecular weight is 450 g/mol. The molecule has 2 heterocycles. The van der Waals surface area contributed by atoms with Crippen LogP contribution in [-0.2, 0) is 0 Å². The highest BCUT2D eigenvalue weighted by Gasteiger charge is 2.16. The summed E-state index contributed by atoms with van der Waals surface area (Å²) in [6.07, 6.45) is 0. The van der Waals surface area contributed by atoms with Crippen molar-refractivity contribution in [3.8, 4) is 34.2 Å². The molecule has 0 N–H and O–H groups in total. The molecule has 0 fully saturated rings. The van der Waals surface area contributed by atoms with Crippen molar-refractivity contribution in [1.82, 2.24) is 15.0 Å². The van der Waals surface area contributed by atoms with E-state index in [-0.39, 0.29) is 0 Å². The van der Waals surface area contributed by atoms with Crippen LogP contribution in [0.3, 0.4) is 0 Å². The molecule has 0 amide bonds. The molecule has 0 unspecified atom stereocenters. The molecule has 0 atom stereocenters. The number of aromatic nitrogens is 3. The number of nitrogens with zero attached hydrogens (tertiary/aromatic N) is 3.